The second kappa shape index (κ2) is 4.23. The van der Waals surface area contributed by atoms with E-state index in [0.29, 0.717) is 0 Å². The second-order valence-corrected chi connectivity index (χ2v) is 5.90. The maximum atomic E-state index is 5.87. The summed E-state index contributed by atoms with van der Waals surface area (Å²) in [5.41, 5.74) is 1.07. The Morgan fingerprint density at radius 2 is 2.21 bits per heavy atom. The van der Waals surface area contributed by atoms with Crippen LogP contribution in [-0.4, -0.2) is 4.98 Å². The molecular weight excluding hydrogens is 254 g/mol. The van der Waals surface area contributed by atoms with Gasteiger partial charge < -0.3 is 0 Å². The number of rotatable bonds is 2. The Balaban J connectivity index is 2.42. The van der Waals surface area contributed by atoms with Gasteiger partial charge in [0.05, 0.1) is 14.9 Å². The highest BCUT2D eigenvalue weighted by molar-refractivity contribution is 7.79. The van der Waals surface area contributed by atoms with Crippen molar-refractivity contribution in [1.29, 1.82) is 0 Å². The first-order chi connectivity index (χ1) is 6.70. The van der Waals surface area contributed by atoms with E-state index >= 15 is 0 Å². The molecule has 0 aliphatic heterocycles. The van der Waals surface area contributed by atoms with Gasteiger partial charge in [-0.3, -0.25) is 0 Å². The molecule has 0 aliphatic rings. The van der Waals surface area contributed by atoms with Gasteiger partial charge in [-0.15, -0.1) is 22.7 Å². The third-order valence-corrected chi connectivity index (χ3v) is 4.91. The van der Waals surface area contributed by atoms with Gasteiger partial charge in [0.2, 0.25) is 0 Å². The molecule has 0 spiro atoms. The molecule has 0 saturated carbocycles. The van der Waals surface area contributed by atoms with Crippen LogP contribution in [0.1, 0.15) is 10.6 Å². The lowest BCUT2D eigenvalue weighted by Crippen LogP contribution is -1.76. The van der Waals surface area contributed by atoms with E-state index in [0.717, 1.165) is 25.7 Å². The van der Waals surface area contributed by atoms with Crippen molar-refractivity contribution in [2.24, 2.45) is 0 Å². The summed E-state index contributed by atoms with van der Waals surface area (Å²) >= 11 is 13.4. The van der Waals surface area contributed by atoms with Crippen LogP contribution in [-0.2, 0) is 5.75 Å². The molecular formula is C9H8ClNS3. The molecule has 0 unspecified atom stereocenters. The number of thiazole rings is 1. The molecule has 0 bridgehead atoms. The van der Waals surface area contributed by atoms with Gasteiger partial charge in [-0.2, -0.15) is 12.6 Å². The first kappa shape index (κ1) is 10.5. The van der Waals surface area contributed by atoms with Gasteiger partial charge in [0.25, 0.3) is 0 Å². The summed E-state index contributed by atoms with van der Waals surface area (Å²) in [6.07, 6.45) is 0. The van der Waals surface area contributed by atoms with Crippen LogP contribution in [0.3, 0.4) is 0 Å². The maximum absolute atomic E-state index is 5.87. The highest BCUT2D eigenvalue weighted by atomic mass is 35.5. The van der Waals surface area contributed by atoms with Crippen molar-refractivity contribution in [2.45, 2.75) is 12.7 Å². The highest BCUT2D eigenvalue weighted by Crippen LogP contribution is 2.35. The van der Waals surface area contributed by atoms with E-state index in [1.165, 1.54) is 4.88 Å². The number of halogens is 1. The molecule has 0 aliphatic carbocycles. The fourth-order valence-electron chi connectivity index (χ4n) is 1.11. The van der Waals surface area contributed by atoms with Gasteiger partial charge in [-0.1, -0.05) is 11.6 Å². The third-order valence-electron chi connectivity index (χ3n) is 1.82. The van der Waals surface area contributed by atoms with E-state index in [1.807, 2.05) is 19.1 Å². The predicted octanol–water partition coefficient (Wildman–Crippen LogP) is 4.26. The number of hydrogen-bond acceptors (Lipinski definition) is 4. The number of aromatic nitrogens is 1. The fourth-order valence-corrected chi connectivity index (χ4v) is 3.55. The molecule has 0 radical (unpaired) electrons. The van der Waals surface area contributed by atoms with Gasteiger partial charge in [0.1, 0.15) is 5.01 Å². The van der Waals surface area contributed by atoms with Crippen LogP contribution in [0, 0.1) is 6.92 Å². The van der Waals surface area contributed by atoms with Crippen molar-refractivity contribution in [2.75, 3.05) is 0 Å². The minimum Gasteiger partial charge on any atom is -0.240 e. The van der Waals surface area contributed by atoms with Crippen molar-refractivity contribution in [1.82, 2.24) is 4.98 Å². The third kappa shape index (κ3) is 1.98. The van der Waals surface area contributed by atoms with Crippen molar-refractivity contribution in [3.05, 3.63) is 27.0 Å². The first-order valence-electron chi connectivity index (χ1n) is 4.03. The Morgan fingerprint density at radius 1 is 1.43 bits per heavy atom. The van der Waals surface area contributed by atoms with Gasteiger partial charge in [-0.25, -0.2) is 4.98 Å². The largest absolute Gasteiger partial charge is 0.240 e. The molecule has 0 N–H and O–H groups in total. The average Bonchev–Trinajstić information content (AvgIpc) is 2.71. The summed E-state index contributed by atoms with van der Waals surface area (Å²) in [5, 5.41) is 1.04. The molecule has 0 fully saturated rings. The number of thiol groups is 1. The van der Waals surface area contributed by atoms with Crippen LogP contribution >= 0.6 is 46.9 Å². The Bertz CT molecular complexity index is 447. The smallest absolute Gasteiger partial charge is 0.133 e. The molecule has 5 heteroatoms. The van der Waals surface area contributed by atoms with E-state index in [4.69, 9.17) is 11.6 Å². The molecule has 74 valence electrons. The van der Waals surface area contributed by atoms with Crippen molar-refractivity contribution < 1.29 is 0 Å². The molecule has 2 aromatic heterocycles. The summed E-state index contributed by atoms with van der Waals surface area (Å²) in [6, 6.07) is 3.91. The Hall–Kier alpha value is -0.0300. The monoisotopic (exact) mass is 261 g/mol. The zero-order valence-electron chi connectivity index (χ0n) is 7.45. The number of aryl methyl sites for hydroxylation is 1. The van der Waals surface area contributed by atoms with Crippen LogP contribution in [0.25, 0.3) is 9.88 Å². The lowest BCUT2D eigenvalue weighted by molar-refractivity contribution is 1.23. The van der Waals surface area contributed by atoms with E-state index in [1.54, 1.807) is 22.7 Å². The first-order valence-corrected chi connectivity index (χ1v) is 6.68. The minimum atomic E-state index is 0.753. The van der Waals surface area contributed by atoms with E-state index in [-0.39, 0.29) is 0 Å². The van der Waals surface area contributed by atoms with Crippen molar-refractivity contribution in [3.63, 3.8) is 0 Å². The molecule has 14 heavy (non-hydrogen) atoms. The fraction of sp³-hybridized carbons (Fsp3) is 0.222. The zero-order valence-corrected chi connectivity index (χ0v) is 10.7. The van der Waals surface area contributed by atoms with Crippen LogP contribution in [0.15, 0.2) is 12.1 Å². The lowest BCUT2D eigenvalue weighted by atomic mass is 10.4. The molecule has 0 atom stereocenters. The normalized spacial score (nSPS) is 10.8. The summed E-state index contributed by atoms with van der Waals surface area (Å²) < 4.78 is 0.806. The quantitative estimate of drug-likeness (QED) is 0.797. The van der Waals surface area contributed by atoms with Crippen LogP contribution in [0.2, 0.25) is 4.34 Å². The summed E-state index contributed by atoms with van der Waals surface area (Å²) in [7, 11) is 0. The van der Waals surface area contributed by atoms with E-state index < -0.39 is 0 Å². The zero-order chi connectivity index (χ0) is 10.1. The highest BCUT2D eigenvalue weighted by Gasteiger charge is 2.09. The second-order valence-electron chi connectivity index (χ2n) is 2.79. The molecule has 2 aromatic rings. The molecule has 0 amide bonds. The lowest BCUT2D eigenvalue weighted by Gasteiger charge is -1.85. The van der Waals surface area contributed by atoms with Crippen molar-refractivity contribution in [3.8, 4) is 9.88 Å². The molecule has 2 rings (SSSR count). The van der Waals surface area contributed by atoms with Gasteiger partial charge in [0.15, 0.2) is 0 Å². The van der Waals surface area contributed by atoms with Crippen LogP contribution in [0.4, 0.5) is 0 Å². The number of hydrogen-bond donors (Lipinski definition) is 1. The SMILES string of the molecule is Cc1nc(-c2ccc(Cl)s2)sc1CS. The maximum Gasteiger partial charge on any atom is 0.133 e. The number of nitrogens with zero attached hydrogens (tertiary/aromatic N) is 1. The molecule has 1 nitrogen and oxygen atoms in total. The minimum absolute atomic E-state index is 0.753. The predicted molar refractivity (Wildman–Crippen MR) is 67.9 cm³/mol. The van der Waals surface area contributed by atoms with Gasteiger partial charge in [0, 0.05) is 10.6 Å². The summed E-state index contributed by atoms with van der Waals surface area (Å²) in [4.78, 5) is 6.85. The Labute approximate surface area is 101 Å². The summed E-state index contributed by atoms with van der Waals surface area (Å²) in [6.45, 7) is 2.01. The van der Waals surface area contributed by atoms with Gasteiger partial charge >= 0.3 is 0 Å². The van der Waals surface area contributed by atoms with E-state index in [2.05, 4.69) is 17.6 Å². The van der Waals surface area contributed by atoms with Crippen molar-refractivity contribution >= 4 is 46.9 Å². The summed E-state index contributed by atoms with van der Waals surface area (Å²) in [5.74, 6) is 0.753. The topological polar surface area (TPSA) is 12.9 Å². The Kier molecular flexibility index (Phi) is 3.17. The molecule has 2 heterocycles. The average molecular weight is 262 g/mol. The Morgan fingerprint density at radius 3 is 2.71 bits per heavy atom. The van der Waals surface area contributed by atoms with Gasteiger partial charge in [-0.05, 0) is 19.1 Å². The van der Waals surface area contributed by atoms with Crippen LogP contribution in [0.5, 0.6) is 0 Å². The molecule has 0 saturated heterocycles. The van der Waals surface area contributed by atoms with Crippen LogP contribution < -0.4 is 0 Å². The number of thiophene rings is 1. The van der Waals surface area contributed by atoms with E-state index in [9.17, 15) is 0 Å². The standard InChI is InChI=1S/C9H8ClNS3/c1-5-7(4-12)14-9(11-5)6-2-3-8(10)13-6/h2-3,12H,4H2,1H3. The molecule has 0 aromatic carbocycles.